The van der Waals surface area contributed by atoms with E-state index in [9.17, 15) is 8.42 Å². The van der Waals surface area contributed by atoms with Crippen LogP contribution in [-0.2, 0) is 9.84 Å². The van der Waals surface area contributed by atoms with E-state index in [0.29, 0.717) is 5.75 Å². The summed E-state index contributed by atoms with van der Waals surface area (Å²) in [5.74, 6) is 0.489. The Hall–Kier alpha value is -1.23. The summed E-state index contributed by atoms with van der Waals surface area (Å²) in [5.41, 5.74) is 5.89. The minimum Gasteiger partial charge on any atom is -0.497 e. The molecule has 0 unspecified atom stereocenters. The van der Waals surface area contributed by atoms with Crippen molar-refractivity contribution in [3.63, 3.8) is 0 Å². The van der Waals surface area contributed by atoms with Crippen LogP contribution in [0.3, 0.4) is 0 Å². The zero-order chi connectivity index (χ0) is 11.6. The van der Waals surface area contributed by atoms with Crippen LogP contribution in [0.2, 0.25) is 0 Å². The lowest BCUT2D eigenvalue weighted by Crippen LogP contribution is -2.15. The standard InChI is InChI=1S/C10H15NO3S/c1-7(2)15(12,13)10-6-8(14-3)4-5-9(10)11/h4-7H,11H2,1-3H3. The first-order valence-corrected chi connectivity index (χ1v) is 6.11. The van der Waals surface area contributed by atoms with E-state index in [2.05, 4.69) is 0 Å². The second kappa shape index (κ2) is 4.10. The monoisotopic (exact) mass is 229 g/mol. The van der Waals surface area contributed by atoms with Crippen molar-refractivity contribution in [1.29, 1.82) is 0 Å². The van der Waals surface area contributed by atoms with Gasteiger partial charge in [-0.3, -0.25) is 0 Å². The Morgan fingerprint density at radius 1 is 1.33 bits per heavy atom. The first-order chi connectivity index (χ1) is 6.89. The molecule has 0 amide bonds. The fraction of sp³-hybridized carbons (Fsp3) is 0.400. The molecule has 0 radical (unpaired) electrons. The molecule has 84 valence electrons. The van der Waals surface area contributed by atoms with E-state index < -0.39 is 15.1 Å². The predicted molar refractivity (Wildman–Crippen MR) is 59.7 cm³/mol. The van der Waals surface area contributed by atoms with Crippen LogP contribution in [0.5, 0.6) is 5.75 Å². The molecule has 0 spiro atoms. The molecular formula is C10H15NO3S. The Labute approximate surface area is 90.0 Å². The number of anilines is 1. The summed E-state index contributed by atoms with van der Waals surface area (Å²) in [7, 11) is -1.86. The van der Waals surface area contributed by atoms with Crippen molar-refractivity contribution >= 4 is 15.5 Å². The summed E-state index contributed by atoms with van der Waals surface area (Å²) < 4.78 is 28.7. The molecule has 1 aromatic rings. The molecule has 5 heteroatoms. The molecule has 1 rings (SSSR count). The maximum atomic E-state index is 11.9. The maximum Gasteiger partial charge on any atom is 0.182 e. The molecule has 2 N–H and O–H groups in total. The molecule has 4 nitrogen and oxygen atoms in total. The average Bonchev–Trinajstić information content (AvgIpc) is 2.18. The molecule has 0 aliphatic heterocycles. The van der Waals surface area contributed by atoms with E-state index in [-0.39, 0.29) is 10.6 Å². The number of rotatable bonds is 3. The Bertz CT molecular complexity index is 452. The Balaban J connectivity index is 3.37. The van der Waals surface area contributed by atoms with Crippen molar-refractivity contribution in [2.45, 2.75) is 24.0 Å². The third-order valence-electron chi connectivity index (χ3n) is 2.15. The van der Waals surface area contributed by atoms with Crippen LogP contribution in [0.4, 0.5) is 5.69 Å². The van der Waals surface area contributed by atoms with Crippen molar-refractivity contribution in [2.24, 2.45) is 0 Å². The first kappa shape index (κ1) is 11.8. The number of hydrogen-bond acceptors (Lipinski definition) is 4. The quantitative estimate of drug-likeness (QED) is 0.797. The van der Waals surface area contributed by atoms with E-state index in [1.165, 1.54) is 19.2 Å². The minimum absolute atomic E-state index is 0.136. The Morgan fingerprint density at radius 3 is 2.40 bits per heavy atom. The van der Waals surface area contributed by atoms with Crippen molar-refractivity contribution in [3.8, 4) is 5.75 Å². The van der Waals surface area contributed by atoms with Gasteiger partial charge in [-0.1, -0.05) is 0 Å². The topological polar surface area (TPSA) is 69.4 Å². The molecule has 0 aliphatic rings. The van der Waals surface area contributed by atoms with E-state index in [4.69, 9.17) is 10.5 Å². The molecular weight excluding hydrogens is 214 g/mol. The number of nitrogen functional groups attached to an aromatic ring is 1. The third-order valence-corrected chi connectivity index (χ3v) is 4.36. The Morgan fingerprint density at radius 2 is 1.93 bits per heavy atom. The van der Waals surface area contributed by atoms with Gasteiger partial charge in [-0.25, -0.2) is 8.42 Å². The minimum atomic E-state index is -3.35. The zero-order valence-corrected chi connectivity index (χ0v) is 9.84. The van der Waals surface area contributed by atoms with Crippen LogP contribution < -0.4 is 10.5 Å². The summed E-state index contributed by atoms with van der Waals surface area (Å²) in [5, 5.41) is -0.494. The van der Waals surface area contributed by atoms with Crippen LogP contribution in [-0.4, -0.2) is 20.8 Å². The van der Waals surface area contributed by atoms with Gasteiger partial charge in [-0.05, 0) is 26.0 Å². The molecule has 0 saturated heterocycles. The van der Waals surface area contributed by atoms with Gasteiger partial charge in [0.1, 0.15) is 5.75 Å². The highest BCUT2D eigenvalue weighted by Gasteiger charge is 2.22. The summed E-state index contributed by atoms with van der Waals surface area (Å²) in [6.45, 7) is 3.24. The Kier molecular flexibility index (Phi) is 3.24. The number of nitrogens with two attached hydrogens (primary N) is 1. The third kappa shape index (κ3) is 2.23. The van der Waals surface area contributed by atoms with Gasteiger partial charge in [0.15, 0.2) is 9.84 Å². The smallest absolute Gasteiger partial charge is 0.182 e. The van der Waals surface area contributed by atoms with Gasteiger partial charge in [0.05, 0.1) is 22.9 Å². The van der Waals surface area contributed by atoms with E-state index >= 15 is 0 Å². The highest BCUT2D eigenvalue weighted by Crippen LogP contribution is 2.26. The van der Waals surface area contributed by atoms with Crippen molar-refractivity contribution < 1.29 is 13.2 Å². The van der Waals surface area contributed by atoms with Gasteiger partial charge < -0.3 is 10.5 Å². The van der Waals surface area contributed by atoms with Crippen molar-refractivity contribution in [1.82, 2.24) is 0 Å². The fourth-order valence-electron chi connectivity index (χ4n) is 1.14. The molecule has 0 saturated carbocycles. The van der Waals surface area contributed by atoms with Gasteiger partial charge in [0.25, 0.3) is 0 Å². The van der Waals surface area contributed by atoms with Crippen LogP contribution in [0, 0.1) is 0 Å². The van der Waals surface area contributed by atoms with Gasteiger partial charge in [0, 0.05) is 6.07 Å². The lowest BCUT2D eigenvalue weighted by molar-refractivity contribution is 0.413. The van der Waals surface area contributed by atoms with E-state index in [0.717, 1.165) is 0 Å². The lowest BCUT2D eigenvalue weighted by atomic mass is 10.3. The molecule has 0 aliphatic carbocycles. The summed E-state index contributed by atoms with van der Waals surface area (Å²) >= 11 is 0. The number of ether oxygens (including phenoxy) is 1. The molecule has 0 bridgehead atoms. The van der Waals surface area contributed by atoms with Gasteiger partial charge in [-0.15, -0.1) is 0 Å². The number of hydrogen-bond donors (Lipinski definition) is 1. The van der Waals surface area contributed by atoms with E-state index in [1.807, 2.05) is 0 Å². The zero-order valence-electron chi connectivity index (χ0n) is 9.02. The molecule has 0 aromatic heterocycles. The highest BCUT2D eigenvalue weighted by atomic mass is 32.2. The summed E-state index contributed by atoms with van der Waals surface area (Å²) in [4.78, 5) is 0.136. The molecule has 0 fully saturated rings. The molecule has 0 atom stereocenters. The first-order valence-electron chi connectivity index (χ1n) is 4.57. The van der Waals surface area contributed by atoms with Crippen molar-refractivity contribution in [3.05, 3.63) is 18.2 Å². The van der Waals surface area contributed by atoms with Gasteiger partial charge in [0.2, 0.25) is 0 Å². The SMILES string of the molecule is COc1ccc(N)c(S(=O)(=O)C(C)C)c1. The average molecular weight is 229 g/mol. The van der Waals surface area contributed by atoms with Crippen molar-refractivity contribution in [2.75, 3.05) is 12.8 Å². The second-order valence-corrected chi connectivity index (χ2v) is 5.97. The predicted octanol–water partition coefficient (Wildman–Crippen LogP) is 1.46. The maximum absolute atomic E-state index is 11.9. The van der Waals surface area contributed by atoms with Crippen LogP contribution >= 0.6 is 0 Å². The lowest BCUT2D eigenvalue weighted by Gasteiger charge is -2.11. The van der Waals surface area contributed by atoms with Gasteiger partial charge >= 0.3 is 0 Å². The fourth-order valence-corrected chi connectivity index (χ4v) is 2.33. The molecule has 0 heterocycles. The molecule has 15 heavy (non-hydrogen) atoms. The number of benzene rings is 1. The van der Waals surface area contributed by atoms with Gasteiger partial charge in [-0.2, -0.15) is 0 Å². The normalized spacial score (nSPS) is 11.7. The van der Waals surface area contributed by atoms with E-state index in [1.54, 1.807) is 19.9 Å². The summed E-state index contributed by atoms with van der Waals surface area (Å²) in [6.07, 6.45) is 0. The van der Waals surface area contributed by atoms with Crippen LogP contribution in [0.1, 0.15) is 13.8 Å². The summed E-state index contributed by atoms with van der Waals surface area (Å²) in [6, 6.07) is 4.62. The molecule has 1 aromatic carbocycles. The van der Waals surface area contributed by atoms with Crippen LogP contribution in [0.15, 0.2) is 23.1 Å². The largest absolute Gasteiger partial charge is 0.497 e. The second-order valence-electron chi connectivity index (χ2n) is 3.50. The number of sulfone groups is 1. The van der Waals surface area contributed by atoms with Crippen LogP contribution in [0.25, 0.3) is 0 Å². The highest BCUT2D eigenvalue weighted by molar-refractivity contribution is 7.92. The number of methoxy groups -OCH3 is 1.